The van der Waals surface area contributed by atoms with E-state index in [2.05, 4.69) is 36.4 Å². The number of nitrogens with zero attached hydrogens (tertiary/aromatic N) is 4. The van der Waals surface area contributed by atoms with Crippen LogP contribution in [0.2, 0.25) is 10.0 Å². The molecule has 170 valence electrons. The second-order valence-corrected chi connectivity index (χ2v) is 10.3. The van der Waals surface area contributed by atoms with Gasteiger partial charge in [-0.15, -0.1) is 21.5 Å². The van der Waals surface area contributed by atoms with Crippen molar-refractivity contribution in [1.29, 1.82) is 0 Å². The summed E-state index contributed by atoms with van der Waals surface area (Å²) in [6.45, 7) is 0.271. The van der Waals surface area contributed by atoms with Gasteiger partial charge in [0.15, 0.2) is 16.1 Å². The lowest BCUT2D eigenvalue weighted by Gasteiger charge is -2.06. The van der Waals surface area contributed by atoms with Crippen LogP contribution in [-0.2, 0) is 18.4 Å². The molecule has 2 aromatic carbocycles. The molecule has 0 aliphatic heterocycles. The fourth-order valence-electron chi connectivity index (χ4n) is 2.71. The summed E-state index contributed by atoms with van der Waals surface area (Å²) in [4.78, 5) is 16.8. The zero-order valence-corrected chi connectivity index (χ0v) is 21.8. The minimum atomic E-state index is -0.196. The first-order valence-electron chi connectivity index (χ1n) is 9.49. The maximum Gasteiger partial charge on any atom is 0.236 e. The molecule has 2 heterocycles. The van der Waals surface area contributed by atoms with Crippen molar-refractivity contribution in [3.8, 4) is 17.0 Å². The highest BCUT2D eigenvalue weighted by atomic mass is 79.9. The lowest BCUT2D eigenvalue weighted by molar-refractivity contribution is -0.113. The van der Waals surface area contributed by atoms with E-state index in [0.717, 1.165) is 15.8 Å². The zero-order valence-electron chi connectivity index (χ0n) is 17.1. The van der Waals surface area contributed by atoms with Crippen LogP contribution < -0.4 is 10.1 Å². The second-order valence-electron chi connectivity index (χ2n) is 6.70. The lowest BCUT2D eigenvalue weighted by Crippen LogP contribution is -2.14. The number of ether oxygens (including phenoxy) is 1. The molecular formula is C21H16BrCl2N5O2S2. The number of benzene rings is 2. The molecule has 33 heavy (non-hydrogen) atoms. The quantitative estimate of drug-likeness (QED) is 0.244. The molecule has 0 spiro atoms. The number of anilines is 1. The van der Waals surface area contributed by atoms with Crippen molar-refractivity contribution in [1.82, 2.24) is 19.7 Å². The van der Waals surface area contributed by atoms with Gasteiger partial charge >= 0.3 is 0 Å². The topological polar surface area (TPSA) is 81.9 Å². The van der Waals surface area contributed by atoms with Crippen LogP contribution in [0, 0.1) is 0 Å². The van der Waals surface area contributed by atoms with Gasteiger partial charge < -0.3 is 14.6 Å². The highest BCUT2D eigenvalue weighted by Gasteiger charge is 2.14. The summed E-state index contributed by atoms with van der Waals surface area (Å²) in [7, 11) is 1.84. The van der Waals surface area contributed by atoms with Crippen molar-refractivity contribution in [2.24, 2.45) is 7.05 Å². The number of hydrogen-bond donors (Lipinski definition) is 1. The summed E-state index contributed by atoms with van der Waals surface area (Å²) < 4.78 is 8.53. The number of hydrogen-bond acceptors (Lipinski definition) is 7. The van der Waals surface area contributed by atoms with Gasteiger partial charge in [0.05, 0.1) is 16.5 Å². The van der Waals surface area contributed by atoms with Crippen LogP contribution in [0.15, 0.2) is 57.5 Å². The second kappa shape index (κ2) is 10.9. The number of thiazole rings is 1. The Labute approximate surface area is 216 Å². The van der Waals surface area contributed by atoms with E-state index in [0.29, 0.717) is 31.9 Å². The Bertz CT molecular complexity index is 1280. The van der Waals surface area contributed by atoms with E-state index < -0.39 is 0 Å². The fourth-order valence-corrected chi connectivity index (χ4v) is 4.94. The van der Waals surface area contributed by atoms with Gasteiger partial charge in [0, 0.05) is 27.5 Å². The van der Waals surface area contributed by atoms with Gasteiger partial charge in [-0.25, -0.2) is 4.98 Å². The van der Waals surface area contributed by atoms with E-state index in [9.17, 15) is 4.79 Å². The molecule has 4 aromatic rings. The summed E-state index contributed by atoms with van der Waals surface area (Å²) in [5.41, 5.74) is 1.43. The number of aromatic nitrogens is 4. The SMILES string of the molecule is Cn1c(COc2ccc(Br)cc2)nnc1SCC(=O)Nc1nc(-c2ccc(Cl)cc2Cl)cs1. The van der Waals surface area contributed by atoms with Gasteiger partial charge in [-0.2, -0.15) is 0 Å². The van der Waals surface area contributed by atoms with Crippen LogP contribution in [0.5, 0.6) is 5.75 Å². The Morgan fingerprint density at radius 3 is 2.76 bits per heavy atom. The van der Waals surface area contributed by atoms with Crippen LogP contribution >= 0.6 is 62.2 Å². The van der Waals surface area contributed by atoms with Crippen molar-refractivity contribution in [2.75, 3.05) is 11.1 Å². The molecule has 0 saturated carbocycles. The summed E-state index contributed by atoms with van der Waals surface area (Å²) in [5, 5.41) is 15.1. The Hall–Kier alpha value is -2.11. The normalized spacial score (nSPS) is 10.9. The van der Waals surface area contributed by atoms with E-state index >= 15 is 0 Å². The predicted molar refractivity (Wildman–Crippen MR) is 136 cm³/mol. The third-order valence-corrected chi connectivity index (χ3v) is 7.25. The molecule has 0 unspecified atom stereocenters. The maximum absolute atomic E-state index is 12.4. The first kappa shape index (κ1) is 24.0. The van der Waals surface area contributed by atoms with E-state index in [4.69, 9.17) is 27.9 Å². The molecular weight excluding hydrogens is 569 g/mol. The van der Waals surface area contributed by atoms with E-state index in [-0.39, 0.29) is 18.3 Å². The summed E-state index contributed by atoms with van der Waals surface area (Å²) in [6, 6.07) is 12.7. The Balaban J connectivity index is 1.30. The fraction of sp³-hybridized carbons (Fsp3) is 0.143. The minimum absolute atomic E-state index is 0.163. The van der Waals surface area contributed by atoms with Crippen LogP contribution in [-0.4, -0.2) is 31.4 Å². The van der Waals surface area contributed by atoms with Crippen molar-refractivity contribution in [3.05, 3.63) is 68.2 Å². The van der Waals surface area contributed by atoms with Crippen molar-refractivity contribution < 1.29 is 9.53 Å². The number of amides is 1. The first-order valence-corrected chi connectivity index (χ1v) is 12.9. The van der Waals surface area contributed by atoms with Gasteiger partial charge in [-0.3, -0.25) is 4.79 Å². The standard InChI is InChI=1S/C21H16BrCl2N5O2S2/c1-29-18(9-31-14-5-2-12(22)3-6-14)27-28-21(29)33-11-19(30)26-20-25-17(10-32-20)15-7-4-13(23)8-16(15)24/h2-8,10H,9,11H2,1H3,(H,25,26,30). The molecule has 4 rings (SSSR count). The molecule has 0 saturated heterocycles. The van der Waals surface area contributed by atoms with Gasteiger partial charge in [0.25, 0.3) is 0 Å². The van der Waals surface area contributed by atoms with Crippen LogP contribution in [0.4, 0.5) is 5.13 Å². The molecule has 12 heteroatoms. The number of carbonyl (C=O) groups is 1. The number of nitrogens with one attached hydrogen (secondary N) is 1. The maximum atomic E-state index is 12.4. The molecule has 0 radical (unpaired) electrons. The number of halogens is 3. The van der Waals surface area contributed by atoms with Gasteiger partial charge in [-0.1, -0.05) is 50.9 Å². The highest BCUT2D eigenvalue weighted by molar-refractivity contribution is 9.10. The third kappa shape index (κ3) is 6.27. The van der Waals surface area contributed by atoms with E-state index in [1.165, 1.54) is 23.1 Å². The summed E-state index contributed by atoms with van der Waals surface area (Å²) in [6.07, 6.45) is 0. The molecule has 7 nitrogen and oxygen atoms in total. The largest absolute Gasteiger partial charge is 0.486 e. The van der Waals surface area contributed by atoms with E-state index in [1.807, 2.05) is 36.7 Å². The molecule has 0 fully saturated rings. The molecule has 1 amide bonds. The van der Waals surface area contributed by atoms with Crippen molar-refractivity contribution in [2.45, 2.75) is 11.8 Å². The number of thioether (sulfide) groups is 1. The summed E-state index contributed by atoms with van der Waals surface area (Å²) in [5.74, 6) is 1.36. The molecule has 0 aliphatic rings. The van der Waals surface area contributed by atoms with E-state index in [1.54, 1.807) is 22.8 Å². The average Bonchev–Trinajstić information content (AvgIpc) is 3.38. The first-order chi connectivity index (χ1) is 15.9. The molecule has 0 aliphatic carbocycles. The van der Waals surface area contributed by atoms with Crippen LogP contribution in [0.25, 0.3) is 11.3 Å². The Morgan fingerprint density at radius 1 is 1.21 bits per heavy atom. The van der Waals surface area contributed by atoms with Crippen LogP contribution in [0.1, 0.15) is 5.82 Å². The highest BCUT2D eigenvalue weighted by Crippen LogP contribution is 2.32. The van der Waals surface area contributed by atoms with Gasteiger partial charge in [-0.05, 0) is 42.5 Å². The van der Waals surface area contributed by atoms with Crippen molar-refractivity contribution >= 4 is 73.3 Å². The predicted octanol–water partition coefficient (Wildman–Crippen LogP) is 6.32. The van der Waals surface area contributed by atoms with Gasteiger partial charge in [0.1, 0.15) is 12.4 Å². The third-order valence-electron chi connectivity index (χ3n) is 4.40. The average molecular weight is 585 g/mol. The molecule has 0 atom stereocenters. The lowest BCUT2D eigenvalue weighted by atomic mass is 10.2. The smallest absolute Gasteiger partial charge is 0.236 e. The number of carbonyl (C=O) groups excluding carboxylic acids is 1. The zero-order chi connectivity index (χ0) is 23.4. The van der Waals surface area contributed by atoms with Crippen molar-refractivity contribution in [3.63, 3.8) is 0 Å². The minimum Gasteiger partial charge on any atom is -0.486 e. The Morgan fingerprint density at radius 2 is 2.00 bits per heavy atom. The summed E-state index contributed by atoms with van der Waals surface area (Å²) >= 11 is 18.2. The monoisotopic (exact) mass is 583 g/mol. The molecule has 0 bridgehead atoms. The molecule has 1 N–H and O–H groups in total. The van der Waals surface area contributed by atoms with Gasteiger partial charge in [0.2, 0.25) is 5.91 Å². The van der Waals surface area contributed by atoms with Crippen LogP contribution in [0.3, 0.4) is 0 Å². The number of rotatable bonds is 8. The molecule has 2 aromatic heterocycles. The Kier molecular flexibility index (Phi) is 7.92.